The average Bonchev–Trinajstić information content (AvgIpc) is 3.37. The molecule has 0 spiro atoms. The van der Waals surface area contributed by atoms with Crippen LogP contribution in [0.1, 0.15) is 29.0 Å². The van der Waals surface area contributed by atoms with E-state index in [9.17, 15) is 4.79 Å². The number of esters is 1. The summed E-state index contributed by atoms with van der Waals surface area (Å²) in [5.41, 5.74) is 2.83. The SMILES string of the molecule is CCOC(=O)c1ncn2c(CCc3ccco3)ncc(-c3ccccc3)c12. The number of fused-ring (bicyclic) bond motifs is 1. The fourth-order valence-electron chi connectivity index (χ4n) is 3.12. The van der Waals surface area contributed by atoms with Gasteiger partial charge < -0.3 is 9.15 Å². The first-order valence-corrected chi connectivity index (χ1v) is 8.87. The molecule has 3 aromatic heterocycles. The summed E-state index contributed by atoms with van der Waals surface area (Å²) in [6.45, 7) is 2.08. The summed E-state index contributed by atoms with van der Waals surface area (Å²) < 4.78 is 12.5. The zero-order valence-corrected chi connectivity index (χ0v) is 15.0. The van der Waals surface area contributed by atoms with E-state index >= 15 is 0 Å². The summed E-state index contributed by atoms with van der Waals surface area (Å²) in [5, 5.41) is 0. The number of nitrogens with zero attached hydrogens (tertiary/aromatic N) is 3. The summed E-state index contributed by atoms with van der Waals surface area (Å²) in [6.07, 6.45) is 6.47. The highest BCUT2D eigenvalue weighted by atomic mass is 16.5. The Morgan fingerprint density at radius 2 is 1.96 bits per heavy atom. The van der Waals surface area contributed by atoms with Crippen LogP contribution in [0.15, 0.2) is 65.7 Å². The van der Waals surface area contributed by atoms with Crippen LogP contribution < -0.4 is 0 Å². The van der Waals surface area contributed by atoms with Crippen molar-refractivity contribution < 1.29 is 13.9 Å². The molecule has 0 saturated heterocycles. The molecule has 3 heterocycles. The molecule has 0 bridgehead atoms. The largest absolute Gasteiger partial charge is 0.469 e. The summed E-state index contributed by atoms with van der Waals surface area (Å²) in [4.78, 5) is 21.4. The standard InChI is InChI=1S/C21H19N3O3/c1-2-26-21(25)19-20-17(15-7-4-3-5-8-15)13-22-18(24(20)14-23-19)11-10-16-9-6-12-27-16/h3-9,12-14H,2,10-11H2,1H3. The first-order valence-electron chi connectivity index (χ1n) is 8.87. The molecule has 136 valence electrons. The second-order valence-corrected chi connectivity index (χ2v) is 6.07. The van der Waals surface area contributed by atoms with E-state index in [-0.39, 0.29) is 0 Å². The van der Waals surface area contributed by atoms with Gasteiger partial charge in [0.1, 0.15) is 17.9 Å². The maximum atomic E-state index is 12.4. The molecular formula is C21H19N3O3. The normalized spacial score (nSPS) is 11.0. The molecule has 0 amide bonds. The Kier molecular flexibility index (Phi) is 4.70. The number of rotatable bonds is 6. The summed E-state index contributed by atoms with van der Waals surface area (Å²) >= 11 is 0. The Labute approximate surface area is 156 Å². The number of imidazole rings is 1. The van der Waals surface area contributed by atoms with E-state index in [4.69, 9.17) is 9.15 Å². The predicted octanol–water partition coefficient (Wildman–Crippen LogP) is 3.95. The highest BCUT2D eigenvalue weighted by molar-refractivity contribution is 6.00. The third kappa shape index (κ3) is 3.33. The maximum absolute atomic E-state index is 12.4. The molecule has 4 rings (SSSR count). The van der Waals surface area contributed by atoms with Crippen molar-refractivity contribution in [1.82, 2.24) is 14.4 Å². The average molecular weight is 361 g/mol. The van der Waals surface area contributed by atoms with E-state index in [2.05, 4.69) is 9.97 Å². The smallest absolute Gasteiger partial charge is 0.359 e. The van der Waals surface area contributed by atoms with Crippen molar-refractivity contribution in [3.05, 3.63) is 78.5 Å². The van der Waals surface area contributed by atoms with Gasteiger partial charge in [0.05, 0.1) is 18.4 Å². The van der Waals surface area contributed by atoms with Crippen LogP contribution in [0, 0.1) is 0 Å². The zero-order chi connectivity index (χ0) is 18.6. The van der Waals surface area contributed by atoms with Crippen LogP contribution in [0.2, 0.25) is 0 Å². The molecule has 0 aliphatic heterocycles. The lowest BCUT2D eigenvalue weighted by Crippen LogP contribution is -2.08. The van der Waals surface area contributed by atoms with Crippen molar-refractivity contribution in [3.8, 4) is 11.1 Å². The van der Waals surface area contributed by atoms with Gasteiger partial charge in [-0.3, -0.25) is 4.40 Å². The van der Waals surface area contributed by atoms with Crippen LogP contribution in [0.25, 0.3) is 16.6 Å². The fraction of sp³-hybridized carbons (Fsp3) is 0.190. The third-order valence-corrected chi connectivity index (χ3v) is 4.37. The van der Waals surface area contributed by atoms with Gasteiger partial charge in [-0.15, -0.1) is 0 Å². The Hall–Kier alpha value is -3.41. The van der Waals surface area contributed by atoms with Gasteiger partial charge in [-0.05, 0) is 24.6 Å². The predicted molar refractivity (Wildman–Crippen MR) is 100 cm³/mol. The minimum atomic E-state index is -0.430. The molecule has 0 saturated carbocycles. The monoisotopic (exact) mass is 361 g/mol. The molecule has 1 aromatic carbocycles. The molecule has 0 aliphatic carbocycles. The summed E-state index contributed by atoms with van der Waals surface area (Å²) in [6, 6.07) is 13.6. The van der Waals surface area contributed by atoms with Crippen molar-refractivity contribution in [2.24, 2.45) is 0 Å². The van der Waals surface area contributed by atoms with Crippen molar-refractivity contribution >= 4 is 11.5 Å². The third-order valence-electron chi connectivity index (χ3n) is 4.37. The van der Waals surface area contributed by atoms with Gasteiger partial charge in [0.15, 0.2) is 5.69 Å². The molecule has 0 fully saturated rings. The molecule has 4 aromatic rings. The van der Waals surface area contributed by atoms with E-state index < -0.39 is 5.97 Å². The van der Waals surface area contributed by atoms with E-state index in [0.717, 1.165) is 22.7 Å². The number of carbonyl (C=O) groups excluding carboxylic acids is 1. The molecule has 6 nitrogen and oxygen atoms in total. The molecule has 0 unspecified atom stereocenters. The number of carbonyl (C=O) groups is 1. The van der Waals surface area contributed by atoms with E-state index in [1.54, 1.807) is 25.7 Å². The number of aromatic nitrogens is 3. The Bertz CT molecular complexity index is 1050. The molecule has 6 heteroatoms. The number of aryl methyl sites for hydroxylation is 2. The van der Waals surface area contributed by atoms with Crippen molar-refractivity contribution in [2.45, 2.75) is 19.8 Å². The lowest BCUT2D eigenvalue weighted by atomic mass is 10.1. The van der Waals surface area contributed by atoms with Gasteiger partial charge >= 0.3 is 5.97 Å². The molecular weight excluding hydrogens is 342 g/mol. The highest BCUT2D eigenvalue weighted by Gasteiger charge is 2.20. The number of hydrogen-bond acceptors (Lipinski definition) is 5. The van der Waals surface area contributed by atoms with E-state index in [0.29, 0.717) is 30.7 Å². The van der Waals surface area contributed by atoms with Gasteiger partial charge in [0, 0.05) is 24.6 Å². The first kappa shape index (κ1) is 17.0. The highest BCUT2D eigenvalue weighted by Crippen LogP contribution is 2.27. The second kappa shape index (κ2) is 7.45. The van der Waals surface area contributed by atoms with E-state index in [1.165, 1.54) is 0 Å². The Morgan fingerprint density at radius 1 is 1.11 bits per heavy atom. The van der Waals surface area contributed by atoms with Crippen LogP contribution in [0.3, 0.4) is 0 Å². The molecule has 0 N–H and O–H groups in total. The molecule has 0 atom stereocenters. The fourth-order valence-corrected chi connectivity index (χ4v) is 3.12. The number of ether oxygens (including phenoxy) is 1. The topological polar surface area (TPSA) is 69.6 Å². The van der Waals surface area contributed by atoms with Gasteiger partial charge in [-0.2, -0.15) is 0 Å². The van der Waals surface area contributed by atoms with Crippen LogP contribution >= 0.6 is 0 Å². The lowest BCUT2D eigenvalue weighted by molar-refractivity contribution is 0.0522. The van der Waals surface area contributed by atoms with E-state index in [1.807, 2.05) is 46.9 Å². The summed E-state index contributed by atoms with van der Waals surface area (Å²) in [7, 11) is 0. The minimum Gasteiger partial charge on any atom is -0.469 e. The first-order chi connectivity index (χ1) is 13.3. The van der Waals surface area contributed by atoms with Gasteiger partial charge in [0.25, 0.3) is 0 Å². The van der Waals surface area contributed by atoms with Gasteiger partial charge in [0.2, 0.25) is 0 Å². The zero-order valence-electron chi connectivity index (χ0n) is 15.0. The summed E-state index contributed by atoms with van der Waals surface area (Å²) in [5.74, 6) is 1.27. The van der Waals surface area contributed by atoms with Gasteiger partial charge in [-0.1, -0.05) is 30.3 Å². The Balaban J connectivity index is 1.82. The molecule has 0 radical (unpaired) electrons. The quantitative estimate of drug-likeness (QED) is 0.486. The number of benzene rings is 1. The van der Waals surface area contributed by atoms with Crippen LogP contribution in [-0.2, 0) is 17.6 Å². The number of hydrogen-bond donors (Lipinski definition) is 0. The van der Waals surface area contributed by atoms with Crippen molar-refractivity contribution in [2.75, 3.05) is 6.61 Å². The van der Waals surface area contributed by atoms with Crippen molar-refractivity contribution in [1.29, 1.82) is 0 Å². The second-order valence-electron chi connectivity index (χ2n) is 6.07. The van der Waals surface area contributed by atoms with Crippen molar-refractivity contribution in [3.63, 3.8) is 0 Å². The van der Waals surface area contributed by atoms with Gasteiger partial charge in [-0.25, -0.2) is 14.8 Å². The number of furan rings is 1. The Morgan fingerprint density at radius 3 is 2.70 bits per heavy atom. The molecule has 0 aliphatic rings. The van der Waals surface area contributed by atoms with Crippen LogP contribution in [0.5, 0.6) is 0 Å². The maximum Gasteiger partial charge on any atom is 0.359 e. The minimum absolute atomic E-state index is 0.301. The van der Waals surface area contributed by atoms with Crippen LogP contribution in [0.4, 0.5) is 0 Å². The van der Waals surface area contributed by atoms with Crippen LogP contribution in [-0.4, -0.2) is 26.9 Å². The lowest BCUT2D eigenvalue weighted by Gasteiger charge is -2.10. The molecule has 27 heavy (non-hydrogen) atoms.